The minimum atomic E-state index is -0.281. The molecule has 0 aromatic rings. The molecule has 0 fully saturated rings. The Morgan fingerprint density at radius 3 is 2.12 bits per heavy atom. The molecule has 0 aromatic heterocycles. The molecule has 0 unspecified atom stereocenters. The lowest BCUT2D eigenvalue weighted by Gasteiger charge is -2.25. The molecule has 0 N–H and O–H groups in total. The van der Waals surface area contributed by atoms with Crippen LogP contribution in [0.25, 0.3) is 0 Å². The van der Waals surface area contributed by atoms with Crippen molar-refractivity contribution in [3.05, 3.63) is 0 Å². The van der Waals surface area contributed by atoms with Gasteiger partial charge in [-0.3, -0.25) is 9.59 Å². The van der Waals surface area contributed by atoms with E-state index >= 15 is 0 Å². The van der Waals surface area contributed by atoms with E-state index in [0.717, 1.165) is 6.54 Å². The number of esters is 1. The normalized spacial score (nSPS) is 10.8. The van der Waals surface area contributed by atoms with E-state index in [1.54, 1.807) is 4.90 Å². The highest BCUT2D eigenvalue weighted by molar-refractivity contribution is 5.79. The Kier molecular flexibility index (Phi) is 7.54. The average molecular weight is 244 g/mol. The zero-order chi connectivity index (χ0) is 13.4. The van der Waals surface area contributed by atoms with E-state index in [1.165, 1.54) is 7.11 Å². The second-order valence-corrected chi connectivity index (χ2v) is 4.61. The van der Waals surface area contributed by atoms with Gasteiger partial charge in [-0.25, -0.2) is 0 Å². The van der Waals surface area contributed by atoms with Crippen molar-refractivity contribution in [2.75, 3.05) is 40.8 Å². The Morgan fingerprint density at radius 2 is 1.71 bits per heavy atom. The smallest absolute Gasteiger partial charge is 0.307 e. The third-order valence-corrected chi connectivity index (χ3v) is 2.44. The maximum atomic E-state index is 11.9. The van der Waals surface area contributed by atoms with Crippen LogP contribution in [0.1, 0.15) is 20.3 Å². The third-order valence-electron chi connectivity index (χ3n) is 2.44. The lowest BCUT2D eigenvalue weighted by atomic mass is 10.2. The first-order valence-electron chi connectivity index (χ1n) is 5.88. The molecule has 0 rings (SSSR count). The maximum Gasteiger partial charge on any atom is 0.307 e. The number of hydrogen-bond acceptors (Lipinski definition) is 4. The molecule has 5 nitrogen and oxygen atoms in total. The summed E-state index contributed by atoms with van der Waals surface area (Å²) in [6, 6.07) is 0. The van der Waals surface area contributed by atoms with Gasteiger partial charge in [-0.15, -0.1) is 0 Å². The second kappa shape index (κ2) is 8.06. The van der Waals surface area contributed by atoms with Gasteiger partial charge in [-0.2, -0.15) is 0 Å². The number of ether oxygens (including phenoxy) is 1. The Bertz CT molecular complexity index is 252. The highest BCUT2D eigenvalue weighted by atomic mass is 16.5. The predicted molar refractivity (Wildman–Crippen MR) is 66.6 cm³/mol. The minimum absolute atomic E-state index is 0.0465. The number of carbonyl (C=O) groups excluding carboxylic acids is 2. The molecule has 0 spiro atoms. The zero-order valence-corrected chi connectivity index (χ0v) is 11.5. The van der Waals surface area contributed by atoms with E-state index < -0.39 is 0 Å². The van der Waals surface area contributed by atoms with Crippen molar-refractivity contribution >= 4 is 11.9 Å². The summed E-state index contributed by atoms with van der Waals surface area (Å²) in [6.45, 7) is 5.59. The molecule has 0 saturated carbocycles. The number of carbonyl (C=O) groups is 2. The predicted octanol–water partition coefficient (Wildman–Crippen LogP) is 0.596. The molecule has 0 saturated heterocycles. The summed E-state index contributed by atoms with van der Waals surface area (Å²) in [5.74, 6) is -0.248. The maximum absolute atomic E-state index is 11.9. The summed E-state index contributed by atoms with van der Waals surface area (Å²) in [7, 11) is 5.27. The molecule has 100 valence electrons. The quantitative estimate of drug-likeness (QED) is 0.615. The number of rotatable bonds is 7. The molecule has 1 amide bonds. The topological polar surface area (TPSA) is 49.9 Å². The molecule has 0 aliphatic carbocycles. The number of likely N-dealkylation sites (N-methyl/N-ethyl adjacent to an activating group) is 1. The zero-order valence-electron chi connectivity index (χ0n) is 11.5. The monoisotopic (exact) mass is 244 g/mol. The molecule has 0 heterocycles. The third kappa shape index (κ3) is 6.94. The van der Waals surface area contributed by atoms with Gasteiger partial charge in [0.25, 0.3) is 0 Å². The molecule has 0 aliphatic rings. The summed E-state index contributed by atoms with van der Waals surface area (Å²) in [4.78, 5) is 26.7. The van der Waals surface area contributed by atoms with Crippen LogP contribution < -0.4 is 0 Å². The second-order valence-electron chi connectivity index (χ2n) is 4.61. The Morgan fingerprint density at radius 1 is 1.12 bits per heavy atom. The largest absolute Gasteiger partial charge is 0.469 e. The summed E-state index contributed by atoms with van der Waals surface area (Å²) in [5.41, 5.74) is 0. The van der Waals surface area contributed by atoms with Crippen LogP contribution in [0.3, 0.4) is 0 Å². The molecular weight excluding hydrogens is 220 g/mol. The van der Waals surface area contributed by atoms with Crippen molar-refractivity contribution in [2.24, 2.45) is 5.92 Å². The highest BCUT2D eigenvalue weighted by Gasteiger charge is 2.17. The Labute approximate surface area is 104 Å². The number of amides is 1. The van der Waals surface area contributed by atoms with Gasteiger partial charge in [-0.05, 0) is 14.1 Å². The summed E-state index contributed by atoms with van der Waals surface area (Å²) in [6.07, 6.45) is 0.252. The van der Waals surface area contributed by atoms with E-state index in [1.807, 2.05) is 32.8 Å². The van der Waals surface area contributed by atoms with E-state index in [-0.39, 0.29) is 24.2 Å². The van der Waals surface area contributed by atoms with Crippen molar-refractivity contribution in [3.63, 3.8) is 0 Å². The fourth-order valence-corrected chi connectivity index (χ4v) is 1.35. The molecule has 0 atom stereocenters. The lowest BCUT2D eigenvalue weighted by molar-refractivity contribution is -0.142. The van der Waals surface area contributed by atoms with E-state index in [2.05, 4.69) is 4.74 Å². The standard InChI is InChI=1S/C12H24N2O3/c1-10(2)12(16)14(9-8-13(3)4)7-6-11(15)17-5/h10H,6-9H2,1-5H3. The fourth-order valence-electron chi connectivity index (χ4n) is 1.35. The highest BCUT2D eigenvalue weighted by Crippen LogP contribution is 2.03. The molecule has 17 heavy (non-hydrogen) atoms. The van der Waals surface area contributed by atoms with Crippen molar-refractivity contribution in [1.82, 2.24) is 9.80 Å². The first-order valence-corrected chi connectivity index (χ1v) is 5.88. The van der Waals surface area contributed by atoms with Crippen molar-refractivity contribution < 1.29 is 14.3 Å². The first-order chi connectivity index (χ1) is 7.88. The fraction of sp³-hybridized carbons (Fsp3) is 0.833. The van der Waals surface area contributed by atoms with Gasteiger partial charge < -0.3 is 14.5 Å². The molecular formula is C12H24N2O3. The van der Waals surface area contributed by atoms with Crippen LogP contribution in [-0.2, 0) is 14.3 Å². The van der Waals surface area contributed by atoms with Gasteiger partial charge in [0.15, 0.2) is 0 Å². The molecule has 0 aromatic carbocycles. The van der Waals surface area contributed by atoms with Crippen LogP contribution >= 0.6 is 0 Å². The van der Waals surface area contributed by atoms with Gasteiger partial charge in [0.1, 0.15) is 0 Å². The van der Waals surface area contributed by atoms with Crippen LogP contribution in [0.5, 0.6) is 0 Å². The van der Waals surface area contributed by atoms with Crippen molar-refractivity contribution in [3.8, 4) is 0 Å². The SMILES string of the molecule is COC(=O)CCN(CCN(C)C)C(=O)C(C)C. The summed E-state index contributed by atoms with van der Waals surface area (Å²) < 4.78 is 4.58. The van der Waals surface area contributed by atoms with Gasteiger partial charge in [0.2, 0.25) is 5.91 Å². The van der Waals surface area contributed by atoms with Crippen LogP contribution in [0.15, 0.2) is 0 Å². The van der Waals surface area contributed by atoms with Gasteiger partial charge in [0, 0.05) is 25.6 Å². The van der Waals surface area contributed by atoms with Gasteiger partial charge in [-0.1, -0.05) is 13.8 Å². The van der Waals surface area contributed by atoms with Crippen LogP contribution in [0.4, 0.5) is 0 Å². The molecule has 0 aliphatic heterocycles. The number of hydrogen-bond donors (Lipinski definition) is 0. The lowest BCUT2D eigenvalue weighted by Crippen LogP contribution is -2.40. The van der Waals surface area contributed by atoms with E-state index in [0.29, 0.717) is 13.1 Å². The Balaban J connectivity index is 4.29. The van der Waals surface area contributed by atoms with Gasteiger partial charge >= 0.3 is 5.97 Å². The Hall–Kier alpha value is -1.10. The minimum Gasteiger partial charge on any atom is -0.469 e. The average Bonchev–Trinajstić information content (AvgIpc) is 2.27. The van der Waals surface area contributed by atoms with E-state index in [4.69, 9.17) is 0 Å². The summed E-state index contributed by atoms with van der Waals surface area (Å²) in [5, 5.41) is 0. The van der Waals surface area contributed by atoms with Crippen LogP contribution in [0.2, 0.25) is 0 Å². The number of methoxy groups -OCH3 is 1. The summed E-state index contributed by atoms with van der Waals surface area (Å²) >= 11 is 0. The number of nitrogens with zero attached hydrogens (tertiary/aromatic N) is 2. The molecule has 5 heteroatoms. The van der Waals surface area contributed by atoms with Crippen LogP contribution in [-0.4, -0.2) is 62.5 Å². The van der Waals surface area contributed by atoms with Crippen LogP contribution in [0, 0.1) is 5.92 Å². The first kappa shape index (κ1) is 15.9. The van der Waals surface area contributed by atoms with Gasteiger partial charge in [0.05, 0.1) is 13.5 Å². The van der Waals surface area contributed by atoms with Crippen molar-refractivity contribution in [2.45, 2.75) is 20.3 Å². The molecule has 0 radical (unpaired) electrons. The van der Waals surface area contributed by atoms with Crippen molar-refractivity contribution in [1.29, 1.82) is 0 Å². The molecule has 0 bridgehead atoms. The van der Waals surface area contributed by atoms with E-state index in [9.17, 15) is 9.59 Å².